The van der Waals surface area contributed by atoms with Crippen LogP contribution in [0, 0.1) is 0 Å². The summed E-state index contributed by atoms with van der Waals surface area (Å²) < 4.78 is 0. The first-order chi connectivity index (χ1) is 12.2. The lowest BCUT2D eigenvalue weighted by Crippen LogP contribution is -2.52. The van der Waals surface area contributed by atoms with Crippen LogP contribution in [-0.4, -0.2) is 73.0 Å². The summed E-state index contributed by atoms with van der Waals surface area (Å²) in [5.41, 5.74) is 0. The molecular formula is C19H34N4O2. The summed E-state index contributed by atoms with van der Waals surface area (Å²) in [6.45, 7) is 4.48. The quantitative estimate of drug-likeness (QED) is 0.753. The first-order valence-electron chi connectivity index (χ1n) is 10.2. The number of rotatable bonds is 6. The Hall–Kier alpha value is -1.14. The Labute approximate surface area is 151 Å². The predicted octanol–water partition coefficient (Wildman–Crippen LogP) is 1.11. The van der Waals surface area contributed by atoms with Gasteiger partial charge in [-0.1, -0.05) is 32.1 Å². The molecule has 2 N–H and O–H groups in total. The van der Waals surface area contributed by atoms with Crippen molar-refractivity contribution in [2.24, 2.45) is 0 Å². The molecule has 1 saturated heterocycles. The molecule has 3 aliphatic rings. The highest BCUT2D eigenvalue weighted by atomic mass is 16.2. The minimum absolute atomic E-state index is 0.151. The minimum Gasteiger partial charge on any atom is -0.352 e. The number of amides is 2. The van der Waals surface area contributed by atoms with E-state index >= 15 is 0 Å². The van der Waals surface area contributed by atoms with Crippen LogP contribution >= 0.6 is 0 Å². The molecule has 6 heteroatoms. The molecular weight excluding hydrogens is 316 g/mol. The van der Waals surface area contributed by atoms with Crippen LogP contribution in [0.4, 0.5) is 0 Å². The van der Waals surface area contributed by atoms with Crippen LogP contribution in [0.15, 0.2) is 0 Å². The zero-order valence-corrected chi connectivity index (χ0v) is 15.5. The molecule has 25 heavy (non-hydrogen) atoms. The maximum absolute atomic E-state index is 12.3. The van der Waals surface area contributed by atoms with Gasteiger partial charge in [0.25, 0.3) is 0 Å². The maximum atomic E-state index is 12.3. The van der Waals surface area contributed by atoms with E-state index in [0.717, 1.165) is 51.9 Å². The molecule has 2 aliphatic carbocycles. The average molecular weight is 351 g/mol. The first-order valence-corrected chi connectivity index (χ1v) is 10.2. The highest BCUT2D eigenvalue weighted by molar-refractivity contribution is 5.79. The van der Waals surface area contributed by atoms with Crippen molar-refractivity contribution in [3.63, 3.8) is 0 Å². The van der Waals surface area contributed by atoms with Crippen molar-refractivity contribution in [2.45, 2.75) is 69.9 Å². The van der Waals surface area contributed by atoms with Gasteiger partial charge in [-0.2, -0.15) is 0 Å². The molecule has 0 aromatic rings. The molecule has 1 aliphatic heterocycles. The van der Waals surface area contributed by atoms with Gasteiger partial charge in [0.2, 0.25) is 11.8 Å². The molecule has 0 aromatic heterocycles. The highest BCUT2D eigenvalue weighted by Gasteiger charge is 2.26. The number of hydrogen-bond acceptors (Lipinski definition) is 4. The Morgan fingerprint density at radius 3 is 1.48 bits per heavy atom. The maximum Gasteiger partial charge on any atom is 0.234 e. The van der Waals surface area contributed by atoms with E-state index in [9.17, 15) is 9.59 Å². The zero-order chi connectivity index (χ0) is 17.5. The summed E-state index contributed by atoms with van der Waals surface area (Å²) in [5, 5.41) is 6.29. The second-order valence-corrected chi connectivity index (χ2v) is 8.00. The summed E-state index contributed by atoms with van der Waals surface area (Å²) in [6.07, 6.45) is 11.0. The standard InChI is InChI=1S/C19H34N4O2/c24-18(20-16-6-4-2-1-3-5-7-16)14-22-10-12-23(13-11-22)15-19(25)21-17-8-9-17/h16-17H,1-15H2,(H,20,24)(H,21,25). The van der Waals surface area contributed by atoms with E-state index in [2.05, 4.69) is 20.4 Å². The molecule has 6 nitrogen and oxygen atoms in total. The van der Waals surface area contributed by atoms with Crippen LogP contribution in [0.1, 0.15) is 57.8 Å². The largest absolute Gasteiger partial charge is 0.352 e. The van der Waals surface area contributed by atoms with Crippen molar-refractivity contribution in [3.8, 4) is 0 Å². The lowest BCUT2D eigenvalue weighted by atomic mass is 9.97. The molecule has 0 bridgehead atoms. The van der Waals surface area contributed by atoms with E-state index in [0.29, 0.717) is 25.2 Å². The fraction of sp³-hybridized carbons (Fsp3) is 0.895. The van der Waals surface area contributed by atoms with E-state index in [1.165, 1.54) is 32.1 Å². The molecule has 2 amide bonds. The monoisotopic (exact) mass is 350 g/mol. The molecule has 0 spiro atoms. The van der Waals surface area contributed by atoms with Crippen LogP contribution in [0.2, 0.25) is 0 Å². The van der Waals surface area contributed by atoms with Gasteiger partial charge in [-0.15, -0.1) is 0 Å². The summed E-state index contributed by atoms with van der Waals surface area (Å²) >= 11 is 0. The Kier molecular flexibility index (Phi) is 7.11. The van der Waals surface area contributed by atoms with E-state index < -0.39 is 0 Å². The van der Waals surface area contributed by atoms with Crippen LogP contribution in [-0.2, 0) is 9.59 Å². The molecule has 3 rings (SSSR count). The molecule has 2 saturated carbocycles. The Bertz CT molecular complexity index is 437. The first kappa shape index (κ1) is 18.6. The zero-order valence-electron chi connectivity index (χ0n) is 15.5. The van der Waals surface area contributed by atoms with Gasteiger partial charge >= 0.3 is 0 Å². The third-order valence-corrected chi connectivity index (χ3v) is 5.61. The number of carbonyl (C=O) groups is 2. The second-order valence-electron chi connectivity index (χ2n) is 8.00. The highest BCUT2D eigenvalue weighted by Crippen LogP contribution is 2.18. The topological polar surface area (TPSA) is 64.7 Å². The number of nitrogens with zero attached hydrogens (tertiary/aromatic N) is 2. The normalized spacial score (nSPS) is 24.3. The molecule has 142 valence electrons. The van der Waals surface area contributed by atoms with Crippen LogP contribution in [0.5, 0.6) is 0 Å². The van der Waals surface area contributed by atoms with Gasteiger partial charge in [0.05, 0.1) is 13.1 Å². The van der Waals surface area contributed by atoms with E-state index in [1.54, 1.807) is 0 Å². The Balaban J connectivity index is 1.30. The van der Waals surface area contributed by atoms with E-state index in [1.807, 2.05) is 0 Å². The number of carbonyl (C=O) groups excluding carboxylic acids is 2. The molecule has 0 aromatic carbocycles. The van der Waals surface area contributed by atoms with Gasteiger partial charge in [0.15, 0.2) is 0 Å². The van der Waals surface area contributed by atoms with Crippen molar-refractivity contribution in [1.82, 2.24) is 20.4 Å². The predicted molar refractivity (Wildman–Crippen MR) is 98.3 cm³/mol. The van der Waals surface area contributed by atoms with E-state index in [4.69, 9.17) is 0 Å². The summed E-state index contributed by atoms with van der Waals surface area (Å²) in [6, 6.07) is 0.811. The fourth-order valence-corrected chi connectivity index (χ4v) is 3.89. The van der Waals surface area contributed by atoms with Crippen molar-refractivity contribution >= 4 is 11.8 Å². The molecule has 0 atom stereocenters. The minimum atomic E-state index is 0.151. The lowest BCUT2D eigenvalue weighted by Gasteiger charge is -2.34. The van der Waals surface area contributed by atoms with Gasteiger partial charge < -0.3 is 10.6 Å². The SMILES string of the molecule is O=C(CN1CCN(CC(=O)NC2CC2)CC1)NC1CCCCCCC1. The third-order valence-electron chi connectivity index (χ3n) is 5.61. The Morgan fingerprint density at radius 1 is 0.640 bits per heavy atom. The van der Waals surface area contributed by atoms with Gasteiger partial charge in [-0.3, -0.25) is 19.4 Å². The van der Waals surface area contributed by atoms with Crippen LogP contribution in [0.3, 0.4) is 0 Å². The smallest absolute Gasteiger partial charge is 0.234 e. The van der Waals surface area contributed by atoms with Crippen LogP contribution < -0.4 is 10.6 Å². The van der Waals surface area contributed by atoms with Crippen molar-refractivity contribution < 1.29 is 9.59 Å². The van der Waals surface area contributed by atoms with Gasteiger partial charge in [0.1, 0.15) is 0 Å². The molecule has 1 heterocycles. The van der Waals surface area contributed by atoms with E-state index in [-0.39, 0.29) is 11.8 Å². The fourth-order valence-electron chi connectivity index (χ4n) is 3.89. The van der Waals surface area contributed by atoms with Gasteiger partial charge in [-0.05, 0) is 25.7 Å². The summed E-state index contributed by atoms with van der Waals surface area (Å²) in [5.74, 6) is 0.323. The van der Waals surface area contributed by atoms with Gasteiger partial charge in [0, 0.05) is 38.3 Å². The molecule has 3 fully saturated rings. The van der Waals surface area contributed by atoms with Crippen molar-refractivity contribution in [2.75, 3.05) is 39.3 Å². The van der Waals surface area contributed by atoms with Gasteiger partial charge in [-0.25, -0.2) is 0 Å². The molecule has 0 unspecified atom stereocenters. The molecule has 0 radical (unpaired) electrons. The lowest BCUT2D eigenvalue weighted by molar-refractivity contribution is -0.125. The number of nitrogens with one attached hydrogen (secondary N) is 2. The summed E-state index contributed by atoms with van der Waals surface area (Å²) in [7, 11) is 0. The number of piperazine rings is 1. The summed E-state index contributed by atoms with van der Waals surface area (Å²) in [4.78, 5) is 28.6. The van der Waals surface area contributed by atoms with Crippen LogP contribution in [0.25, 0.3) is 0 Å². The van der Waals surface area contributed by atoms with Crippen molar-refractivity contribution in [1.29, 1.82) is 0 Å². The number of hydrogen-bond donors (Lipinski definition) is 2. The third kappa shape index (κ3) is 6.94. The Morgan fingerprint density at radius 2 is 1.04 bits per heavy atom. The van der Waals surface area contributed by atoms with Crippen molar-refractivity contribution in [3.05, 3.63) is 0 Å². The second kappa shape index (κ2) is 9.53. The average Bonchev–Trinajstić information content (AvgIpc) is 3.35.